The highest BCUT2D eigenvalue weighted by Crippen LogP contribution is 2.25. The third kappa shape index (κ3) is 7.24. The van der Waals surface area contributed by atoms with Crippen LogP contribution in [0.5, 0.6) is 5.75 Å². The number of anilines is 1. The zero-order valence-corrected chi connectivity index (χ0v) is 17.6. The van der Waals surface area contributed by atoms with Gasteiger partial charge in [-0.1, -0.05) is 23.7 Å². The first-order valence-corrected chi connectivity index (χ1v) is 11.3. The molecular weight excluding hydrogens is 396 g/mol. The minimum absolute atomic E-state index is 0.385. The molecule has 3 nitrogen and oxygen atoms in total. The van der Waals surface area contributed by atoms with Crippen molar-refractivity contribution in [1.82, 2.24) is 5.32 Å². The standard InChI is InChI=1S/C21H25ClN2OS2/c22-17-5-3-4-16(14-17)15-27-13-12-23-21(26)24-18-8-10-20(11-9-18)25-19-6-1-2-7-19/h3-5,8-11,14,19H,1-2,6-7,12-13,15H2,(H2,23,24,26). The Morgan fingerprint density at radius 3 is 2.67 bits per heavy atom. The summed E-state index contributed by atoms with van der Waals surface area (Å²) in [6.07, 6.45) is 5.28. The molecule has 2 aromatic carbocycles. The van der Waals surface area contributed by atoms with Gasteiger partial charge in [0.2, 0.25) is 0 Å². The number of ether oxygens (including phenoxy) is 1. The first-order chi connectivity index (χ1) is 13.2. The number of thiocarbonyl (C=S) groups is 1. The molecule has 2 aromatic rings. The number of thioether (sulfide) groups is 1. The average molecular weight is 421 g/mol. The largest absolute Gasteiger partial charge is 0.490 e. The van der Waals surface area contributed by atoms with Crippen molar-refractivity contribution in [3.05, 3.63) is 59.1 Å². The summed E-state index contributed by atoms with van der Waals surface area (Å²) < 4.78 is 5.98. The molecule has 1 aliphatic rings. The molecule has 0 heterocycles. The first kappa shape index (κ1) is 20.3. The Morgan fingerprint density at radius 1 is 1.15 bits per heavy atom. The topological polar surface area (TPSA) is 33.3 Å². The summed E-state index contributed by atoms with van der Waals surface area (Å²) in [7, 11) is 0. The van der Waals surface area contributed by atoms with Crippen molar-refractivity contribution in [2.24, 2.45) is 0 Å². The van der Waals surface area contributed by atoms with Crippen LogP contribution in [0.15, 0.2) is 48.5 Å². The Balaban J connectivity index is 1.31. The van der Waals surface area contributed by atoms with Crippen LogP contribution < -0.4 is 15.4 Å². The van der Waals surface area contributed by atoms with E-state index in [-0.39, 0.29) is 0 Å². The summed E-state index contributed by atoms with van der Waals surface area (Å²) >= 11 is 13.2. The summed E-state index contributed by atoms with van der Waals surface area (Å²) in [5, 5.41) is 7.89. The van der Waals surface area contributed by atoms with Crippen molar-refractivity contribution in [2.45, 2.75) is 37.5 Å². The Bertz CT molecular complexity index is 733. The van der Waals surface area contributed by atoms with E-state index in [0.717, 1.165) is 34.5 Å². The normalized spacial score (nSPS) is 14.1. The molecule has 1 fully saturated rings. The predicted octanol–water partition coefficient (Wildman–Crippen LogP) is 5.88. The van der Waals surface area contributed by atoms with E-state index < -0.39 is 0 Å². The molecule has 0 atom stereocenters. The maximum atomic E-state index is 6.00. The maximum absolute atomic E-state index is 6.00. The van der Waals surface area contributed by atoms with Crippen molar-refractivity contribution >= 4 is 46.4 Å². The van der Waals surface area contributed by atoms with Gasteiger partial charge in [0, 0.05) is 28.8 Å². The molecule has 0 aromatic heterocycles. The van der Waals surface area contributed by atoms with Crippen LogP contribution in [-0.4, -0.2) is 23.5 Å². The van der Waals surface area contributed by atoms with Gasteiger partial charge < -0.3 is 15.4 Å². The summed E-state index contributed by atoms with van der Waals surface area (Å²) in [6.45, 7) is 0.819. The van der Waals surface area contributed by atoms with Crippen LogP contribution in [0.3, 0.4) is 0 Å². The van der Waals surface area contributed by atoms with E-state index in [4.69, 9.17) is 28.6 Å². The average Bonchev–Trinajstić information content (AvgIpc) is 3.16. The number of benzene rings is 2. The molecule has 1 aliphatic carbocycles. The molecule has 144 valence electrons. The SMILES string of the molecule is S=C(NCCSCc1cccc(Cl)c1)Nc1ccc(OC2CCCC2)cc1. The van der Waals surface area contributed by atoms with Gasteiger partial charge in [0.15, 0.2) is 5.11 Å². The summed E-state index contributed by atoms with van der Waals surface area (Å²) in [6, 6.07) is 16.0. The third-order valence-corrected chi connectivity index (χ3v) is 5.92. The molecular formula is C21H25ClN2OS2. The Morgan fingerprint density at radius 2 is 1.93 bits per heavy atom. The fraction of sp³-hybridized carbons (Fsp3) is 0.381. The summed E-state index contributed by atoms with van der Waals surface area (Å²) in [4.78, 5) is 0. The molecule has 0 radical (unpaired) electrons. The molecule has 27 heavy (non-hydrogen) atoms. The highest BCUT2D eigenvalue weighted by molar-refractivity contribution is 7.98. The van der Waals surface area contributed by atoms with Crippen molar-refractivity contribution in [2.75, 3.05) is 17.6 Å². The van der Waals surface area contributed by atoms with Gasteiger partial charge in [0.25, 0.3) is 0 Å². The summed E-state index contributed by atoms with van der Waals surface area (Å²) in [5.41, 5.74) is 2.21. The van der Waals surface area contributed by atoms with Crippen LogP contribution in [-0.2, 0) is 5.75 Å². The van der Waals surface area contributed by atoms with Crippen molar-refractivity contribution in [3.63, 3.8) is 0 Å². The van der Waals surface area contributed by atoms with Crippen LogP contribution in [0.1, 0.15) is 31.2 Å². The fourth-order valence-electron chi connectivity index (χ4n) is 3.04. The molecule has 0 amide bonds. The van der Waals surface area contributed by atoms with Gasteiger partial charge in [-0.3, -0.25) is 0 Å². The van der Waals surface area contributed by atoms with Gasteiger partial charge in [-0.2, -0.15) is 11.8 Å². The van der Waals surface area contributed by atoms with Crippen LogP contribution in [0, 0.1) is 0 Å². The predicted molar refractivity (Wildman–Crippen MR) is 121 cm³/mol. The number of rotatable bonds is 8. The van der Waals surface area contributed by atoms with Crippen LogP contribution in [0.4, 0.5) is 5.69 Å². The lowest BCUT2D eigenvalue weighted by Crippen LogP contribution is -2.30. The lowest BCUT2D eigenvalue weighted by Gasteiger charge is -2.14. The highest BCUT2D eigenvalue weighted by Gasteiger charge is 2.16. The molecule has 0 bridgehead atoms. The lowest BCUT2D eigenvalue weighted by molar-refractivity contribution is 0.210. The monoisotopic (exact) mass is 420 g/mol. The Labute approximate surface area is 176 Å². The second-order valence-electron chi connectivity index (χ2n) is 6.61. The minimum atomic E-state index is 0.385. The zero-order valence-electron chi connectivity index (χ0n) is 15.2. The molecule has 0 unspecified atom stereocenters. The lowest BCUT2D eigenvalue weighted by atomic mass is 10.2. The highest BCUT2D eigenvalue weighted by atomic mass is 35.5. The van der Waals surface area contributed by atoms with Gasteiger partial charge in [0.05, 0.1) is 6.10 Å². The molecule has 1 saturated carbocycles. The zero-order chi connectivity index (χ0) is 18.9. The van der Waals surface area contributed by atoms with Gasteiger partial charge in [-0.25, -0.2) is 0 Å². The van der Waals surface area contributed by atoms with E-state index in [2.05, 4.69) is 16.7 Å². The fourth-order valence-corrected chi connectivity index (χ4v) is 4.28. The molecule has 3 rings (SSSR count). The Kier molecular flexibility index (Phi) is 8.11. The smallest absolute Gasteiger partial charge is 0.170 e. The molecule has 0 spiro atoms. The molecule has 6 heteroatoms. The maximum Gasteiger partial charge on any atom is 0.170 e. The van der Waals surface area contributed by atoms with Gasteiger partial charge in [0.1, 0.15) is 5.75 Å². The molecule has 2 N–H and O–H groups in total. The van der Waals surface area contributed by atoms with Crippen LogP contribution in [0.25, 0.3) is 0 Å². The number of nitrogens with one attached hydrogen (secondary N) is 2. The van der Waals surface area contributed by atoms with Gasteiger partial charge in [-0.15, -0.1) is 0 Å². The second kappa shape index (κ2) is 10.8. The van der Waals surface area contributed by atoms with E-state index >= 15 is 0 Å². The minimum Gasteiger partial charge on any atom is -0.490 e. The van der Waals surface area contributed by atoms with Crippen molar-refractivity contribution in [1.29, 1.82) is 0 Å². The van der Waals surface area contributed by atoms with Crippen LogP contribution >= 0.6 is 35.6 Å². The van der Waals surface area contributed by atoms with Gasteiger partial charge in [-0.05, 0) is 79.9 Å². The van der Waals surface area contributed by atoms with Crippen LogP contribution in [0.2, 0.25) is 5.02 Å². The van der Waals surface area contributed by atoms with E-state index in [0.29, 0.717) is 11.2 Å². The van der Waals surface area contributed by atoms with Crippen molar-refractivity contribution in [3.8, 4) is 5.75 Å². The van der Waals surface area contributed by atoms with Crippen molar-refractivity contribution < 1.29 is 4.74 Å². The molecule has 0 aliphatic heterocycles. The van der Waals surface area contributed by atoms with E-state index in [1.807, 2.05) is 54.2 Å². The Hall–Kier alpha value is -1.43. The van der Waals surface area contributed by atoms with Gasteiger partial charge >= 0.3 is 0 Å². The third-order valence-electron chi connectivity index (χ3n) is 4.41. The summed E-state index contributed by atoms with van der Waals surface area (Å²) in [5.74, 6) is 2.86. The molecule has 0 saturated heterocycles. The quantitative estimate of drug-likeness (QED) is 0.411. The second-order valence-corrected chi connectivity index (χ2v) is 8.56. The van der Waals surface area contributed by atoms with E-state index in [9.17, 15) is 0 Å². The number of hydrogen-bond acceptors (Lipinski definition) is 3. The first-order valence-electron chi connectivity index (χ1n) is 9.33. The van der Waals surface area contributed by atoms with E-state index in [1.165, 1.54) is 31.2 Å². The number of hydrogen-bond donors (Lipinski definition) is 2. The number of halogens is 1. The van der Waals surface area contributed by atoms with E-state index in [1.54, 1.807) is 0 Å².